The van der Waals surface area contributed by atoms with Crippen LogP contribution >= 0.6 is 0 Å². The lowest BCUT2D eigenvalue weighted by Gasteiger charge is -2.16. The number of carbonyl (C=O) groups excluding carboxylic acids is 2. The van der Waals surface area contributed by atoms with Gasteiger partial charge in [-0.15, -0.1) is 0 Å². The number of aromatic amines is 1. The molecule has 0 aliphatic heterocycles. The van der Waals surface area contributed by atoms with Gasteiger partial charge < -0.3 is 14.5 Å². The summed E-state index contributed by atoms with van der Waals surface area (Å²) >= 11 is 0. The number of esters is 2. The van der Waals surface area contributed by atoms with Gasteiger partial charge >= 0.3 is 11.9 Å². The number of H-pyrrole nitrogens is 1. The molecule has 0 saturated heterocycles. The summed E-state index contributed by atoms with van der Waals surface area (Å²) in [7, 11) is 1.14. The molecule has 0 amide bonds. The number of methoxy groups -OCH3 is 1. The number of hydrogen-bond acceptors (Lipinski definition) is 5. The number of nitrogens with one attached hydrogen (secondary N) is 1. The smallest absolute Gasteiger partial charge is 0.352 e. The molecule has 0 aliphatic rings. The van der Waals surface area contributed by atoms with Crippen molar-refractivity contribution in [3.8, 4) is 0 Å². The minimum Gasteiger partial charge on any atom is -0.466 e. The number of benzene rings is 1. The van der Waals surface area contributed by atoms with Gasteiger partial charge in [-0.2, -0.15) is 0 Å². The zero-order chi connectivity index (χ0) is 17.1. The predicted octanol–water partition coefficient (Wildman–Crippen LogP) is 2.77. The van der Waals surface area contributed by atoms with E-state index in [0.717, 1.165) is 7.11 Å². The molecule has 1 aromatic carbocycles. The molecular formula is C17H13FN2O4. The third kappa shape index (κ3) is 2.83. The number of hydrogen-bond donors (Lipinski definition) is 1. The molecule has 0 fully saturated rings. The highest BCUT2D eigenvalue weighted by molar-refractivity contribution is 6.03. The number of halogens is 1. The van der Waals surface area contributed by atoms with Crippen LogP contribution in [-0.2, 0) is 14.3 Å². The summed E-state index contributed by atoms with van der Waals surface area (Å²) in [5.74, 6) is -2.31. The fourth-order valence-electron chi connectivity index (χ4n) is 2.34. The summed E-state index contributed by atoms with van der Waals surface area (Å²) < 4.78 is 23.8. The third-order valence-electron chi connectivity index (χ3n) is 3.51. The first kappa shape index (κ1) is 15.7. The van der Waals surface area contributed by atoms with E-state index in [0.29, 0.717) is 11.0 Å². The largest absolute Gasteiger partial charge is 0.466 e. The number of aromatic nitrogens is 2. The van der Waals surface area contributed by atoms with E-state index in [1.807, 2.05) is 0 Å². The van der Waals surface area contributed by atoms with Crippen molar-refractivity contribution in [2.45, 2.75) is 6.10 Å². The molecule has 1 N–H and O–H groups in total. The van der Waals surface area contributed by atoms with E-state index in [4.69, 9.17) is 4.74 Å². The molecule has 7 heteroatoms. The van der Waals surface area contributed by atoms with Crippen molar-refractivity contribution in [2.75, 3.05) is 7.11 Å². The van der Waals surface area contributed by atoms with E-state index in [1.165, 1.54) is 30.5 Å². The Balaban J connectivity index is 1.96. The molecule has 0 aliphatic carbocycles. The second-order valence-electron chi connectivity index (χ2n) is 4.93. The van der Waals surface area contributed by atoms with Gasteiger partial charge in [0.15, 0.2) is 0 Å². The SMILES string of the molecule is COC(=O)C(OC(=O)c1ccnc2[nH]ccc12)c1ccccc1F. The van der Waals surface area contributed by atoms with Crippen molar-refractivity contribution in [3.05, 3.63) is 65.7 Å². The van der Waals surface area contributed by atoms with E-state index in [-0.39, 0.29) is 11.1 Å². The van der Waals surface area contributed by atoms with E-state index >= 15 is 0 Å². The Kier molecular flexibility index (Phi) is 4.24. The molecule has 0 bridgehead atoms. The summed E-state index contributed by atoms with van der Waals surface area (Å²) in [6, 6.07) is 8.68. The first-order chi connectivity index (χ1) is 11.6. The van der Waals surface area contributed by atoms with Gasteiger partial charge in [0.2, 0.25) is 6.10 Å². The molecule has 0 radical (unpaired) electrons. The van der Waals surface area contributed by atoms with Gasteiger partial charge in [0, 0.05) is 23.3 Å². The minimum atomic E-state index is -1.49. The Bertz CT molecular complexity index is 906. The zero-order valence-corrected chi connectivity index (χ0v) is 12.7. The fraction of sp³-hybridized carbons (Fsp3) is 0.118. The number of carbonyl (C=O) groups is 2. The Labute approximate surface area is 136 Å². The summed E-state index contributed by atoms with van der Waals surface area (Å²) in [6.45, 7) is 0. The lowest BCUT2D eigenvalue weighted by molar-refractivity contribution is -0.151. The van der Waals surface area contributed by atoms with Crippen molar-refractivity contribution >= 4 is 23.0 Å². The van der Waals surface area contributed by atoms with Crippen LogP contribution in [0.4, 0.5) is 4.39 Å². The Morgan fingerprint density at radius 2 is 2.00 bits per heavy atom. The molecule has 3 rings (SSSR count). The van der Waals surface area contributed by atoms with Crippen molar-refractivity contribution in [1.29, 1.82) is 0 Å². The Morgan fingerprint density at radius 1 is 1.21 bits per heavy atom. The van der Waals surface area contributed by atoms with E-state index in [2.05, 4.69) is 14.7 Å². The number of nitrogens with zero attached hydrogens (tertiary/aromatic N) is 1. The van der Waals surface area contributed by atoms with Gasteiger partial charge in [-0.3, -0.25) is 0 Å². The Morgan fingerprint density at radius 3 is 2.75 bits per heavy atom. The summed E-state index contributed by atoms with van der Waals surface area (Å²) in [5.41, 5.74) is 0.647. The molecule has 122 valence electrons. The van der Waals surface area contributed by atoms with Crippen LogP contribution in [-0.4, -0.2) is 29.0 Å². The number of rotatable bonds is 4. The first-order valence-corrected chi connectivity index (χ1v) is 7.07. The first-order valence-electron chi connectivity index (χ1n) is 7.07. The van der Waals surface area contributed by atoms with Gasteiger partial charge in [0.25, 0.3) is 0 Å². The molecular weight excluding hydrogens is 315 g/mol. The second-order valence-corrected chi connectivity index (χ2v) is 4.93. The molecule has 2 heterocycles. The third-order valence-corrected chi connectivity index (χ3v) is 3.51. The highest BCUT2D eigenvalue weighted by Gasteiger charge is 2.29. The van der Waals surface area contributed by atoms with Crippen LogP contribution in [0, 0.1) is 5.82 Å². The van der Waals surface area contributed by atoms with Gasteiger partial charge in [-0.05, 0) is 18.2 Å². The monoisotopic (exact) mass is 328 g/mol. The van der Waals surface area contributed by atoms with E-state index < -0.39 is 23.9 Å². The van der Waals surface area contributed by atoms with Gasteiger partial charge in [-0.25, -0.2) is 19.0 Å². The summed E-state index contributed by atoms with van der Waals surface area (Å²) in [4.78, 5) is 31.4. The summed E-state index contributed by atoms with van der Waals surface area (Å²) in [6.07, 6.45) is 1.57. The van der Waals surface area contributed by atoms with Crippen LogP contribution in [0.15, 0.2) is 48.8 Å². The molecule has 24 heavy (non-hydrogen) atoms. The second kappa shape index (κ2) is 6.49. The molecule has 6 nitrogen and oxygen atoms in total. The standard InChI is InChI=1S/C17H13FN2O4/c1-23-17(22)14(12-4-2-3-5-13(12)18)24-16(21)11-7-9-20-15-10(11)6-8-19-15/h2-9,14H,1H3,(H,19,20). The molecule has 0 spiro atoms. The molecule has 0 saturated carbocycles. The average molecular weight is 328 g/mol. The normalized spacial score (nSPS) is 11.9. The molecule has 2 aromatic heterocycles. The maximum absolute atomic E-state index is 14.0. The predicted molar refractivity (Wildman–Crippen MR) is 82.7 cm³/mol. The van der Waals surface area contributed by atoms with Crippen LogP contribution < -0.4 is 0 Å². The lowest BCUT2D eigenvalue weighted by atomic mass is 10.1. The van der Waals surface area contributed by atoms with Crippen molar-refractivity contribution < 1.29 is 23.5 Å². The summed E-state index contributed by atoms with van der Waals surface area (Å²) in [5, 5.41) is 0.541. The average Bonchev–Trinajstić information content (AvgIpc) is 3.08. The minimum absolute atomic E-state index is 0.0722. The fourth-order valence-corrected chi connectivity index (χ4v) is 2.34. The maximum atomic E-state index is 14.0. The highest BCUT2D eigenvalue weighted by atomic mass is 19.1. The maximum Gasteiger partial charge on any atom is 0.352 e. The topological polar surface area (TPSA) is 81.3 Å². The van der Waals surface area contributed by atoms with Gasteiger partial charge in [0.1, 0.15) is 11.5 Å². The lowest BCUT2D eigenvalue weighted by Crippen LogP contribution is -2.22. The van der Waals surface area contributed by atoms with Crippen molar-refractivity contribution in [3.63, 3.8) is 0 Å². The molecule has 3 aromatic rings. The van der Waals surface area contributed by atoms with Crippen LogP contribution in [0.2, 0.25) is 0 Å². The van der Waals surface area contributed by atoms with E-state index in [1.54, 1.807) is 18.3 Å². The number of ether oxygens (including phenoxy) is 2. The zero-order valence-electron chi connectivity index (χ0n) is 12.7. The highest BCUT2D eigenvalue weighted by Crippen LogP contribution is 2.25. The van der Waals surface area contributed by atoms with Crippen LogP contribution in [0.25, 0.3) is 11.0 Å². The molecule has 1 unspecified atom stereocenters. The van der Waals surface area contributed by atoms with Gasteiger partial charge in [0.05, 0.1) is 12.7 Å². The quantitative estimate of drug-likeness (QED) is 0.745. The molecule has 1 atom stereocenters. The van der Waals surface area contributed by atoms with Gasteiger partial charge in [-0.1, -0.05) is 18.2 Å². The van der Waals surface area contributed by atoms with Crippen LogP contribution in [0.1, 0.15) is 22.0 Å². The van der Waals surface area contributed by atoms with Crippen LogP contribution in [0.5, 0.6) is 0 Å². The van der Waals surface area contributed by atoms with Crippen LogP contribution in [0.3, 0.4) is 0 Å². The number of pyridine rings is 1. The Hall–Kier alpha value is -3.22. The van der Waals surface area contributed by atoms with E-state index in [9.17, 15) is 14.0 Å². The number of fused-ring (bicyclic) bond motifs is 1. The van der Waals surface area contributed by atoms with Crippen molar-refractivity contribution in [1.82, 2.24) is 9.97 Å². The van der Waals surface area contributed by atoms with Crippen molar-refractivity contribution in [2.24, 2.45) is 0 Å².